The number of aliphatic hydroxyl groups excluding tert-OH is 3. The number of hydrogen-bond donors (Lipinski definition) is 5. The Morgan fingerprint density at radius 2 is 1.77 bits per heavy atom. The average molecular weight is 541 g/mol. The molecule has 4 rings (SSSR count). The molecule has 0 amide bonds. The highest BCUT2D eigenvalue weighted by molar-refractivity contribution is 5.88. The molecule has 1 saturated heterocycles. The molecule has 1 aliphatic heterocycles. The predicted octanol–water partition coefficient (Wildman–Crippen LogP) is 1.42. The van der Waals surface area contributed by atoms with E-state index in [2.05, 4.69) is 0 Å². The molecule has 0 aliphatic carbocycles. The molecule has 0 unspecified atom stereocenters. The zero-order chi connectivity index (χ0) is 28.4. The van der Waals surface area contributed by atoms with Gasteiger partial charge < -0.3 is 39.4 Å². The Bertz CT molecular complexity index is 1470. The van der Waals surface area contributed by atoms with Crippen LogP contribution < -0.4 is 5.43 Å². The van der Waals surface area contributed by atoms with Crippen LogP contribution in [0.25, 0.3) is 17.0 Å². The number of hydrogen-bond acceptors (Lipinski definition) is 11. The zero-order valence-electron chi connectivity index (χ0n) is 21.1. The van der Waals surface area contributed by atoms with Gasteiger partial charge in [0.05, 0.1) is 24.0 Å². The fourth-order valence-electron chi connectivity index (χ4n) is 4.56. The third-order valence-electron chi connectivity index (χ3n) is 6.40. The number of Topliss-reactive ketones (excluding diaryl/α,β-unsaturated/α-hetero) is 1. The van der Waals surface area contributed by atoms with Gasteiger partial charge in [-0.15, -0.1) is 0 Å². The Balaban J connectivity index is 1.80. The van der Waals surface area contributed by atoms with Crippen molar-refractivity contribution in [2.45, 2.75) is 50.8 Å². The monoisotopic (exact) mass is 540 g/mol. The first-order valence-corrected chi connectivity index (χ1v) is 12.1. The molecule has 5 N–H and O–H groups in total. The molecule has 1 aromatic heterocycles. The molecule has 11 nitrogen and oxygen atoms in total. The Morgan fingerprint density at radius 1 is 1.08 bits per heavy atom. The highest BCUT2D eigenvalue weighted by Crippen LogP contribution is 2.42. The van der Waals surface area contributed by atoms with Gasteiger partial charge in [0, 0.05) is 12.1 Å². The molecule has 2 aromatic carbocycles. The molecule has 0 radical (unpaired) electrons. The van der Waals surface area contributed by atoms with Gasteiger partial charge in [-0.2, -0.15) is 0 Å². The molecular formula is C28H28O11. The number of carbonyl (C=O) groups is 2. The molecular weight excluding hydrogens is 512 g/mol. The maximum atomic E-state index is 13.0. The zero-order valence-corrected chi connectivity index (χ0v) is 21.1. The van der Waals surface area contributed by atoms with Gasteiger partial charge in [-0.1, -0.05) is 12.1 Å². The smallest absolute Gasteiger partial charge is 0.331 e. The van der Waals surface area contributed by atoms with Gasteiger partial charge in [-0.3, -0.25) is 9.59 Å². The summed E-state index contributed by atoms with van der Waals surface area (Å²) in [5.41, 5.74) is 0.107. The first-order chi connectivity index (χ1) is 18.5. The van der Waals surface area contributed by atoms with Crippen LogP contribution in [0.4, 0.5) is 0 Å². The van der Waals surface area contributed by atoms with Crippen LogP contribution in [0, 0.1) is 6.92 Å². The van der Waals surface area contributed by atoms with E-state index >= 15 is 0 Å². The van der Waals surface area contributed by atoms with E-state index < -0.39 is 54.3 Å². The Kier molecular flexibility index (Phi) is 8.17. The minimum Gasteiger partial charge on any atom is -0.508 e. The summed E-state index contributed by atoms with van der Waals surface area (Å²) in [6.45, 7) is 2.16. The van der Waals surface area contributed by atoms with Gasteiger partial charge >= 0.3 is 5.97 Å². The fraction of sp³-hybridized carbons (Fsp3) is 0.321. The number of fused-ring (bicyclic) bond motifs is 1. The van der Waals surface area contributed by atoms with E-state index in [1.165, 1.54) is 37.3 Å². The van der Waals surface area contributed by atoms with E-state index in [9.17, 15) is 39.9 Å². The van der Waals surface area contributed by atoms with Crippen LogP contribution in [0.1, 0.15) is 35.5 Å². The molecule has 2 heterocycles. The third kappa shape index (κ3) is 5.86. The first-order valence-electron chi connectivity index (χ1n) is 12.1. The van der Waals surface area contributed by atoms with E-state index in [1.807, 2.05) is 0 Å². The summed E-state index contributed by atoms with van der Waals surface area (Å²) < 4.78 is 17.1. The number of carbonyl (C=O) groups excluding carboxylic acids is 2. The maximum Gasteiger partial charge on any atom is 0.331 e. The number of ketones is 1. The molecule has 1 aliphatic rings. The number of aliphatic hydroxyl groups is 3. The lowest BCUT2D eigenvalue weighted by atomic mass is 9.89. The Hall–Kier alpha value is -4.03. The lowest BCUT2D eigenvalue weighted by Gasteiger charge is -2.42. The van der Waals surface area contributed by atoms with Crippen molar-refractivity contribution in [3.63, 3.8) is 0 Å². The van der Waals surface area contributed by atoms with Crippen molar-refractivity contribution in [3.8, 4) is 11.5 Å². The van der Waals surface area contributed by atoms with Crippen LogP contribution in [0.2, 0.25) is 0 Å². The van der Waals surface area contributed by atoms with Gasteiger partial charge in [0.25, 0.3) is 0 Å². The summed E-state index contributed by atoms with van der Waals surface area (Å²) in [6.07, 6.45) is -5.63. The second-order valence-corrected chi connectivity index (χ2v) is 9.37. The maximum absolute atomic E-state index is 13.0. The van der Waals surface area contributed by atoms with E-state index in [0.717, 1.165) is 6.08 Å². The summed E-state index contributed by atoms with van der Waals surface area (Å²) in [5.74, 6) is -1.59. The van der Waals surface area contributed by atoms with Gasteiger partial charge in [-0.25, -0.2) is 4.79 Å². The van der Waals surface area contributed by atoms with Gasteiger partial charge in [0.2, 0.25) is 0 Å². The number of rotatable bonds is 7. The van der Waals surface area contributed by atoms with Crippen molar-refractivity contribution >= 4 is 28.8 Å². The number of aromatic hydroxyl groups is 2. The molecule has 3 aromatic rings. The van der Waals surface area contributed by atoms with Crippen LogP contribution in [0.5, 0.6) is 11.5 Å². The number of benzene rings is 2. The van der Waals surface area contributed by atoms with Crippen molar-refractivity contribution in [1.29, 1.82) is 0 Å². The lowest BCUT2D eigenvalue weighted by molar-refractivity contribution is -0.239. The van der Waals surface area contributed by atoms with Crippen molar-refractivity contribution in [2.24, 2.45) is 0 Å². The quantitative estimate of drug-likeness (QED) is 0.216. The van der Waals surface area contributed by atoms with Gasteiger partial charge in [0.1, 0.15) is 53.0 Å². The van der Waals surface area contributed by atoms with Crippen LogP contribution in [0.15, 0.2) is 51.7 Å². The van der Waals surface area contributed by atoms with E-state index in [-0.39, 0.29) is 40.2 Å². The molecule has 1 fully saturated rings. The SMILES string of the molecule is CC(=O)Cc1cc(=O)c2c(C)cc(O)c([C@@H]3O[C@H](CO)[C@H](O)[C@H](O)[C@@H]3OC(=O)/C=C/c3ccc(O)cc3)c2o1. The van der Waals surface area contributed by atoms with Crippen molar-refractivity contribution < 1.29 is 49.0 Å². The van der Waals surface area contributed by atoms with E-state index in [0.29, 0.717) is 11.1 Å². The second-order valence-electron chi connectivity index (χ2n) is 9.37. The molecule has 11 heteroatoms. The number of aryl methyl sites for hydroxylation is 1. The number of esters is 1. The van der Waals surface area contributed by atoms with Crippen molar-refractivity contribution in [1.82, 2.24) is 0 Å². The Morgan fingerprint density at radius 3 is 2.41 bits per heavy atom. The Labute approximate surface area is 222 Å². The van der Waals surface area contributed by atoms with Crippen molar-refractivity contribution in [2.75, 3.05) is 6.61 Å². The fourth-order valence-corrected chi connectivity index (χ4v) is 4.56. The number of phenols is 2. The molecule has 0 spiro atoms. The van der Waals surface area contributed by atoms with Crippen LogP contribution in [-0.4, -0.2) is 68.3 Å². The highest BCUT2D eigenvalue weighted by Gasteiger charge is 2.48. The first kappa shape index (κ1) is 28.0. The topological polar surface area (TPSA) is 184 Å². The molecule has 0 saturated carbocycles. The summed E-state index contributed by atoms with van der Waals surface area (Å²) >= 11 is 0. The van der Waals surface area contributed by atoms with Crippen LogP contribution in [0.3, 0.4) is 0 Å². The predicted molar refractivity (Wildman–Crippen MR) is 137 cm³/mol. The number of ether oxygens (including phenoxy) is 2. The summed E-state index contributed by atoms with van der Waals surface area (Å²) in [5, 5.41) is 51.6. The van der Waals surface area contributed by atoms with Crippen LogP contribution in [-0.2, 0) is 25.5 Å². The summed E-state index contributed by atoms with van der Waals surface area (Å²) in [4.78, 5) is 37.4. The third-order valence-corrected chi connectivity index (χ3v) is 6.40. The minimum atomic E-state index is -1.77. The molecule has 0 bridgehead atoms. The van der Waals surface area contributed by atoms with Crippen LogP contribution >= 0.6 is 0 Å². The standard InChI is InChI=1S/C28H28O11/c1-13-9-18(32)23(26-22(13)19(33)11-17(37-26)10-14(2)30)27-28(25(36)24(35)20(12-29)38-27)39-21(34)8-5-15-3-6-16(31)7-4-15/h3-9,11,20,24-25,27-29,31-32,35-36H,10,12H2,1-2H3/b8-5+/t20-,24+,25+,27+,28+/m1/s1. The second kappa shape index (κ2) is 11.4. The van der Waals surface area contributed by atoms with E-state index in [4.69, 9.17) is 13.9 Å². The van der Waals surface area contributed by atoms with Gasteiger partial charge in [0.15, 0.2) is 11.5 Å². The average Bonchev–Trinajstić information content (AvgIpc) is 2.86. The lowest BCUT2D eigenvalue weighted by Crippen LogP contribution is -2.56. The normalized spacial score (nSPS) is 23.3. The summed E-state index contributed by atoms with van der Waals surface area (Å²) in [7, 11) is 0. The van der Waals surface area contributed by atoms with Gasteiger partial charge in [-0.05, 0) is 49.2 Å². The molecule has 206 valence electrons. The van der Waals surface area contributed by atoms with E-state index in [1.54, 1.807) is 19.1 Å². The molecule has 5 atom stereocenters. The largest absolute Gasteiger partial charge is 0.508 e. The minimum absolute atomic E-state index is 0.0201. The molecule has 39 heavy (non-hydrogen) atoms. The summed E-state index contributed by atoms with van der Waals surface area (Å²) in [6, 6.07) is 8.38. The van der Waals surface area contributed by atoms with Crippen molar-refractivity contribution in [3.05, 3.63) is 75.1 Å². The highest BCUT2D eigenvalue weighted by atomic mass is 16.6. The number of phenolic OH excluding ortho intramolecular Hbond substituents is 2.